The Balaban J connectivity index is 2.62. The number of carboxylic acids is 1. The van der Waals surface area contributed by atoms with Crippen molar-refractivity contribution in [3.05, 3.63) is 35.4 Å². The summed E-state index contributed by atoms with van der Waals surface area (Å²) in [7, 11) is 0. The van der Waals surface area contributed by atoms with Crippen molar-refractivity contribution in [1.29, 1.82) is 0 Å². The smallest absolute Gasteiger partial charge is 0.416 e. The Morgan fingerprint density at radius 1 is 1.35 bits per heavy atom. The second-order valence-electron chi connectivity index (χ2n) is 4.12. The van der Waals surface area contributed by atoms with Crippen molar-refractivity contribution in [2.24, 2.45) is 5.73 Å². The summed E-state index contributed by atoms with van der Waals surface area (Å²) in [5.41, 5.74) is 4.73. The molecule has 0 radical (unpaired) electrons. The fraction of sp³-hybridized carbons (Fsp3) is 0.333. The van der Waals surface area contributed by atoms with Gasteiger partial charge in [0.15, 0.2) is 0 Å². The van der Waals surface area contributed by atoms with Gasteiger partial charge in [0, 0.05) is 6.54 Å². The number of benzene rings is 1. The van der Waals surface area contributed by atoms with Crippen LogP contribution in [-0.4, -0.2) is 23.0 Å². The highest BCUT2D eigenvalue weighted by molar-refractivity contribution is 5.85. The van der Waals surface area contributed by atoms with Crippen LogP contribution in [0.1, 0.15) is 17.5 Å². The zero-order valence-electron chi connectivity index (χ0n) is 10.3. The summed E-state index contributed by atoms with van der Waals surface area (Å²) in [6.07, 6.45) is -5.01. The number of hydrogen-bond donors (Lipinski definition) is 3. The van der Waals surface area contributed by atoms with E-state index in [1.54, 1.807) is 0 Å². The van der Waals surface area contributed by atoms with Crippen LogP contribution in [0.25, 0.3) is 0 Å². The second-order valence-corrected chi connectivity index (χ2v) is 4.12. The van der Waals surface area contributed by atoms with Gasteiger partial charge in [0.2, 0.25) is 5.91 Å². The predicted molar refractivity (Wildman–Crippen MR) is 63.5 cm³/mol. The van der Waals surface area contributed by atoms with Gasteiger partial charge in [-0.1, -0.05) is 12.1 Å². The molecule has 1 aromatic carbocycles. The molecular formula is C12H13F3N2O3. The molecule has 20 heavy (non-hydrogen) atoms. The van der Waals surface area contributed by atoms with Crippen LogP contribution in [0.2, 0.25) is 0 Å². The van der Waals surface area contributed by atoms with Crippen molar-refractivity contribution in [2.75, 3.05) is 0 Å². The van der Waals surface area contributed by atoms with Gasteiger partial charge in [0.25, 0.3) is 0 Å². The van der Waals surface area contributed by atoms with Gasteiger partial charge in [-0.2, -0.15) is 13.2 Å². The number of carbonyl (C=O) groups is 2. The molecule has 0 aromatic heterocycles. The molecule has 0 saturated heterocycles. The van der Waals surface area contributed by atoms with E-state index in [-0.39, 0.29) is 12.1 Å². The quantitative estimate of drug-likeness (QED) is 0.757. The molecule has 0 saturated carbocycles. The third kappa shape index (κ3) is 4.88. The highest BCUT2D eigenvalue weighted by Crippen LogP contribution is 2.29. The standard InChI is InChI=1S/C12H13F3N2O3/c13-12(14,15)8-3-1-2-7(4-8)6-17-11(20)9(16)5-10(18)19/h1-4,9H,5-6,16H2,(H,17,20)(H,18,19). The number of nitrogens with one attached hydrogen (secondary N) is 1. The second kappa shape index (κ2) is 6.38. The molecule has 1 amide bonds. The predicted octanol–water partition coefficient (Wildman–Crippen LogP) is 1.12. The first-order valence-corrected chi connectivity index (χ1v) is 5.61. The van der Waals surface area contributed by atoms with Crippen molar-refractivity contribution in [3.63, 3.8) is 0 Å². The number of nitrogens with two attached hydrogens (primary N) is 1. The van der Waals surface area contributed by atoms with E-state index < -0.39 is 36.1 Å². The van der Waals surface area contributed by atoms with E-state index in [1.807, 2.05) is 0 Å². The lowest BCUT2D eigenvalue weighted by atomic mass is 10.1. The minimum atomic E-state index is -4.46. The summed E-state index contributed by atoms with van der Waals surface area (Å²) in [5.74, 6) is -1.96. The van der Waals surface area contributed by atoms with E-state index >= 15 is 0 Å². The largest absolute Gasteiger partial charge is 0.481 e. The highest BCUT2D eigenvalue weighted by Gasteiger charge is 2.30. The lowest BCUT2D eigenvalue weighted by Crippen LogP contribution is -2.41. The summed E-state index contributed by atoms with van der Waals surface area (Å²) in [6, 6.07) is 3.22. The molecule has 0 aliphatic rings. The molecule has 4 N–H and O–H groups in total. The van der Waals surface area contributed by atoms with E-state index in [9.17, 15) is 22.8 Å². The Morgan fingerprint density at radius 2 is 2.00 bits per heavy atom. The number of rotatable bonds is 5. The lowest BCUT2D eigenvalue weighted by molar-refractivity contribution is -0.139. The molecule has 5 nitrogen and oxygen atoms in total. The van der Waals surface area contributed by atoms with Crippen molar-refractivity contribution in [1.82, 2.24) is 5.32 Å². The van der Waals surface area contributed by atoms with E-state index in [4.69, 9.17) is 10.8 Å². The third-order valence-corrected chi connectivity index (χ3v) is 2.45. The minimum Gasteiger partial charge on any atom is -0.481 e. The number of alkyl halides is 3. The molecule has 1 aromatic rings. The Kier molecular flexibility index (Phi) is 5.09. The Hall–Kier alpha value is -2.09. The van der Waals surface area contributed by atoms with Gasteiger partial charge in [-0.05, 0) is 17.7 Å². The Bertz CT molecular complexity index is 503. The number of aliphatic carboxylic acids is 1. The summed E-state index contributed by atoms with van der Waals surface area (Å²) < 4.78 is 37.4. The van der Waals surface area contributed by atoms with Gasteiger partial charge < -0.3 is 16.2 Å². The summed E-state index contributed by atoms with van der Waals surface area (Å²) in [4.78, 5) is 21.8. The molecule has 0 bridgehead atoms. The van der Waals surface area contributed by atoms with Crippen LogP contribution >= 0.6 is 0 Å². The molecule has 0 heterocycles. The number of hydrogen-bond acceptors (Lipinski definition) is 3. The van der Waals surface area contributed by atoms with Gasteiger partial charge in [0.05, 0.1) is 18.0 Å². The van der Waals surface area contributed by atoms with Gasteiger partial charge in [0.1, 0.15) is 0 Å². The van der Waals surface area contributed by atoms with Crippen molar-refractivity contribution < 1.29 is 27.9 Å². The average Bonchev–Trinajstić information content (AvgIpc) is 2.34. The highest BCUT2D eigenvalue weighted by atomic mass is 19.4. The van der Waals surface area contributed by atoms with E-state index in [2.05, 4.69) is 5.32 Å². The van der Waals surface area contributed by atoms with E-state index in [1.165, 1.54) is 12.1 Å². The molecule has 0 fully saturated rings. The minimum absolute atomic E-state index is 0.157. The first-order chi connectivity index (χ1) is 9.20. The molecule has 1 atom stereocenters. The SMILES string of the molecule is NC(CC(=O)O)C(=O)NCc1cccc(C(F)(F)F)c1. The summed E-state index contributed by atoms with van der Waals surface area (Å²) in [5, 5.41) is 10.7. The molecule has 110 valence electrons. The van der Waals surface area contributed by atoms with Gasteiger partial charge in [-0.3, -0.25) is 9.59 Å². The first kappa shape index (κ1) is 16.0. The van der Waals surface area contributed by atoms with Crippen LogP contribution in [0.15, 0.2) is 24.3 Å². The van der Waals surface area contributed by atoms with E-state index in [0.29, 0.717) is 0 Å². The molecule has 0 aliphatic carbocycles. The number of carboxylic acid groups (broad SMARTS) is 1. The van der Waals surface area contributed by atoms with Crippen molar-refractivity contribution in [3.8, 4) is 0 Å². The van der Waals surface area contributed by atoms with Crippen LogP contribution in [0.5, 0.6) is 0 Å². The fourth-order valence-corrected chi connectivity index (χ4v) is 1.46. The molecular weight excluding hydrogens is 277 g/mol. The zero-order chi connectivity index (χ0) is 15.3. The van der Waals surface area contributed by atoms with Crippen molar-refractivity contribution >= 4 is 11.9 Å². The average molecular weight is 290 g/mol. The van der Waals surface area contributed by atoms with Gasteiger partial charge >= 0.3 is 12.1 Å². The van der Waals surface area contributed by atoms with Gasteiger partial charge in [-0.15, -0.1) is 0 Å². The van der Waals surface area contributed by atoms with Crippen molar-refractivity contribution in [2.45, 2.75) is 25.2 Å². The topological polar surface area (TPSA) is 92.4 Å². The maximum atomic E-state index is 12.5. The maximum absolute atomic E-state index is 12.5. The zero-order valence-corrected chi connectivity index (χ0v) is 10.3. The van der Waals surface area contributed by atoms with Gasteiger partial charge in [-0.25, -0.2) is 0 Å². The van der Waals surface area contributed by atoms with Crippen LogP contribution in [0.4, 0.5) is 13.2 Å². The normalized spacial score (nSPS) is 12.8. The number of amides is 1. The monoisotopic (exact) mass is 290 g/mol. The lowest BCUT2D eigenvalue weighted by Gasteiger charge is -2.12. The summed E-state index contributed by atoms with van der Waals surface area (Å²) in [6.45, 7) is -0.157. The fourth-order valence-electron chi connectivity index (χ4n) is 1.46. The molecule has 1 unspecified atom stereocenters. The van der Waals surface area contributed by atoms with Crippen LogP contribution in [0, 0.1) is 0 Å². The molecule has 0 spiro atoms. The van der Waals surface area contributed by atoms with Crippen LogP contribution in [0.3, 0.4) is 0 Å². The Morgan fingerprint density at radius 3 is 2.55 bits per heavy atom. The first-order valence-electron chi connectivity index (χ1n) is 5.61. The number of carbonyl (C=O) groups excluding carboxylic acids is 1. The van der Waals surface area contributed by atoms with Crippen LogP contribution < -0.4 is 11.1 Å². The summed E-state index contributed by atoms with van der Waals surface area (Å²) >= 11 is 0. The van der Waals surface area contributed by atoms with E-state index in [0.717, 1.165) is 12.1 Å². The maximum Gasteiger partial charge on any atom is 0.416 e. The third-order valence-electron chi connectivity index (χ3n) is 2.45. The molecule has 0 aliphatic heterocycles. The van der Waals surface area contributed by atoms with Crippen LogP contribution in [-0.2, 0) is 22.3 Å². The molecule has 1 rings (SSSR count). The Labute approximate surface area is 112 Å². The number of halogens is 3. The molecule has 8 heteroatoms.